The van der Waals surface area contributed by atoms with E-state index in [1.165, 1.54) is 16.7 Å². The number of halogens is 1. The van der Waals surface area contributed by atoms with Gasteiger partial charge in [-0.25, -0.2) is 4.39 Å². The highest BCUT2D eigenvalue weighted by molar-refractivity contribution is 6.18. The van der Waals surface area contributed by atoms with Gasteiger partial charge < -0.3 is 0 Å². The molecule has 0 saturated heterocycles. The molecule has 1 nitrogen and oxygen atoms in total. The molecule has 2 bridgehead atoms. The van der Waals surface area contributed by atoms with Gasteiger partial charge in [-0.2, -0.15) is 0 Å². The lowest BCUT2D eigenvalue weighted by atomic mass is 9.64. The number of allylic oxidation sites excluding steroid dienone is 6. The number of fused-ring (bicyclic) bond motifs is 3. The lowest BCUT2D eigenvalue weighted by Crippen LogP contribution is -2.34. The van der Waals surface area contributed by atoms with Crippen LogP contribution in [0.3, 0.4) is 0 Å². The normalized spacial score (nSPS) is 33.6. The maximum atomic E-state index is 15.0. The average molecular weight is 349 g/mol. The minimum atomic E-state index is -0.424. The van der Waals surface area contributed by atoms with Crippen LogP contribution in [0, 0.1) is 17.1 Å². The van der Waals surface area contributed by atoms with Gasteiger partial charge in [0.15, 0.2) is 0 Å². The summed E-state index contributed by atoms with van der Waals surface area (Å²) in [6.07, 6.45) is 3.18. The van der Waals surface area contributed by atoms with E-state index in [9.17, 15) is 0 Å². The van der Waals surface area contributed by atoms with E-state index >= 15 is 4.39 Å². The topological polar surface area (TPSA) is 23.9 Å². The van der Waals surface area contributed by atoms with Crippen LogP contribution in [0.2, 0.25) is 0 Å². The zero-order valence-electron chi connectivity index (χ0n) is 16.9. The molecule has 0 radical (unpaired) electrons. The van der Waals surface area contributed by atoms with E-state index in [1.807, 2.05) is 6.07 Å². The van der Waals surface area contributed by atoms with Gasteiger partial charge in [-0.3, -0.25) is 5.41 Å². The predicted molar refractivity (Wildman–Crippen MR) is 107 cm³/mol. The molecular weight excluding hydrogens is 321 g/mol. The van der Waals surface area contributed by atoms with E-state index in [1.54, 1.807) is 6.07 Å². The van der Waals surface area contributed by atoms with Gasteiger partial charge in [-0.1, -0.05) is 56.6 Å². The van der Waals surface area contributed by atoms with Crippen LogP contribution in [-0.2, 0) is 10.8 Å². The first kappa shape index (κ1) is 17.5. The molecule has 1 fully saturated rings. The van der Waals surface area contributed by atoms with Gasteiger partial charge in [0.2, 0.25) is 0 Å². The first-order valence-corrected chi connectivity index (χ1v) is 9.58. The Morgan fingerprint density at radius 3 is 2.46 bits per heavy atom. The van der Waals surface area contributed by atoms with Crippen LogP contribution in [0.4, 0.5) is 4.39 Å². The molecule has 0 spiro atoms. The maximum Gasteiger partial charge on any atom is 0.127 e. The second-order valence-corrected chi connectivity index (χ2v) is 8.98. The van der Waals surface area contributed by atoms with Crippen LogP contribution in [0.5, 0.6) is 0 Å². The van der Waals surface area contributed by atoms with E-state index in [-0.39, 0.29) is 17.2 Å². The molecule has 4 rings (SSSR count). The molecule has 26 heavy (non-hydrogen) atoms. The lowest BCUT2D eigenvalue weighted by molar-refractivity contribution is 0.532. The highest BCUT2D eigenvalue weighted by atomic mass is 19.1. The molecule has 1 aromatic carbocycles. The quantitative estimate of drug-likeness (QED) is 0.526. The van der Waals surface area contributed by atoms with Gasteiger partial charge in [-0.05, 0) is 44.4 Å². The smallest absolute Gasteiger partial charge is 0.127 e. The fourth-order valence-electron chi connectivity index (χ4n) is 5.33. The predicted octanol–water partition coefficient (Wildman–Crippen LogP) is 6.38. The Morgan fingerprint density at radius 2 is 1.85 bits per heavy atom. The van der Waals surface area contributed by atoms with Crippen LogP contribution in [0.1, 0.15) is 71.6 Å². The van der Waals surface area contributed by atoms with Gasteiger partial charge in [-0.15, -0.1) is 0 Å². The molecule has 0 aliphatic heterocycles. The third kappa shape index (κ3) is 1.88. The summed E-state index contributed by atoms with van der Waals surface area (Å²) < 4.78 is 15.0. The van der Waals surface area contributed by atoms with E-state index < -0.39 is 5.41 Å². The third-order valence-corrected chi connectivity index (χ3v) is 7.45. The van der Waals surface area contributed by atoms with Gasteiger partial charge in [0.1, 0.15) is 5.82 Å². The molecule has 2 atom stereocenters. The summed E-state index contributed by atoms with van der Waals surface area (Å²) in [7, 11) is 0. The summed E-state index contributed by atoms with van der Waals surface area (Å²) in [4.78, 5) is 0. The number of hydrogen-bond donors (Lipinski definition) is 1. The van der Waals surface area contributed by atoms with Crippen LogP contribution >= 0.6 is 0 Å². The fraction of sp³-hybridized carbons (Fsp3) is 0.458. The molecule has 1 aromatic rings. The summed E-state index contributed by atoms with van der Waals surface area (Å²) in [6, 6.07) is 3.55. The average Bonchev–Trinajstić information content (AvgIpc) is 3.27. The van der Waals surface area contributed by atoms with Crippen molar-refractivity contribution in [2.75, 3.05) is 0 Å². The minimum absolute atomic E-state index is 0.0575. The molecule has 0 heterocycles. The SMILES string of the molecule is C/C=C1\C2=C(C)C(C)(C)c3c(F)ccc(c3C2=N)C2(C)C/C2=C(\C)C1C. The zero-order chi connectivity index (χ0) is 19.2. The highest BCUT2D eigenvalue weighted by Crippen LogP contribution is 2.60. The monoisotopic (exact) mass is 349 g/mol. The number of nitrogens with one attached hydrogen (secondary N) is 1. The molecule has 2 heteroatoms. The Morgan fingerprint density at radius 1 is 1.19 bits per heavy atom. The second-order valence-electron chi connectivity index (χ2n) is 8.98. The number of rotatable bonds is 0. The van der Waals surface area contributed by atoms with E-state index in [0.29, 0.717) is 11.3 Å². The zero-order valence-corrected chi connectivity index (χ0v) is 16.9. The van der Waals surface area contributed by atoms with Crippen LogP contribution < -0.4 is 0 Å². The largest absolute Gasteiger partial charge is 0.300 e. The Kier molecular flexibility index (Phi) is 3.40. The van der Waals surface area contributed by atoms with Crippen LogP contribution in [0.25, 0.3) is 0 Å². The van der Waals surface area contributed by atoms with E-state index in [4.69, 9.17) is 5.41 Å². The number of benzene rings is 1. The van der Waals surface area contributed by atoms with Gasteiger partial charge in [0, 0.05) is 33.4 Å². The van der Waals surface area contributed by atoms with Crippen LogP contribution in [0.15, 0.2) is 46.1 Å². The third-order valence-electron chi connectivity index (χ3n) is 7.45. The molecule has 0 aromatic heterocycles. The Balaban J connectivity index is 2.22. The molecular formula is C24H28FN. The van der Waals surface area contributed by atoms with Crippen molar-refractivity contribution in [1.82, 2.24) is 0 Å². The fourth-order valence-corrected chi connectivity index (χ4v) is 5.33. The summed E-state index contributed by atoms with van der Waals surface area (Å²) in [5.74, 6) is 0.0939. The highest BCUT2D eigenvalue weighted by Gasteiger charge is 2.52. The summed E-state index contributed by atoms with van der Waals surface area (Å²) in [6.45, 7) is 15.1. The lowest BCUT2D eigenvalue weighted by Gasteiger charge is -2.39. The molecule has 0 amide bonds. The van der Waals surface area contributed by atoms with Crippen LogP contribution in [-0.4, -0.2) is 5.71 Å². The van der Waals surface area contributed by atoms with Crippen molar-refractivity contribution in [2.24, 2.45) is 5.92 Å². The molecule has 3 aliphatic carbocycles. The van der Waals surface area contributed by atoms with Crippen molar-refractivity contribution < 1.29 is 4.39 Å². The Bertz CT molecular complexity index is 970. The first-order chi connectivity index (χ1) is 12.1. The van der Waals surface area contributed by atoms with Crippen molar-refractivity contribution in [3.8, 4) is 0 Å². The summed E-state index contributed by atoms with van der Waals surface area (Å²) in [5, 5.41) is 9.11. The molecule has 136 valence electrons. The number of hydrogen-bond acceptors (Lipinski definition) is 1. The summed E-state index contributed by atoms with van der Waals surface area (Å²) in [5.41, 5.74) is 8.92. The van der Waals surface area contributed by atoms with E-state index in [2.05, 4.69) is 54.5 Å². The summed E-state index contributed by atoms with van der Waals surface area (Å²) >= 11 is 0. The van der Waals surface area contributed by atoms with Gasteiger partial charge in [0.25, 0.3) is 0 Å². The van der Waals surface area contributed by atoms with Crippen molar-refractivity contribution in [3.05, 3.63) is 68.6 Å². The van der Waals surface area contributed by atoms with Crippen molar-refractivity contribution in [3.63, 3.8) is 0 Å². The van der Waals surface area contributed by atoms with Crippen molar-refractivity contribution in [2.45, 2.75) is 65.7 Å². The van der Waals surface area contributed by atoms with Crippen molar-refractivity contribution in [1.29, 1.82) is 5.41 Å². The molecule has 1 N–H and O–H groups in total. The first-order valence-electron chi connectivity index (χ1n) is 9.58. The second kappa shape index (κ2) is 5.06. The molecule has 2 unspecified atom stereocenters. The van der Waals surface area contributed by atoms with Gasteiger partial charge >= 0.3 is 0 Å². The Labute approximate surface area is 156 Å². The van der Waals surface area contributed by atoms with Gasteiger partial charge in [0.05, 0.1) is 5.71 Å². The standard InChI is InChI=1S/C24H28FN/c1-8-15-12(2)13(3)17-11-24(17,7)16-9-10-18(25)21-20(16)22(26)19(15)14(4)23(21,5)6/h8-10,12,26H,11H2,1-7H3/b15-8-,17-13-,26-22?. The van der Waals surface area contributed by atoms with Crippen molar-refractivity contribution >= 4 is 5.71 Å². The Hall–Kier alpha value is -1.96. The van der Waals surface area contributed by atoms with E-state index in [0.717, 1.165) is 28.7 Å². The maximum absolute atomic E-state index is 15.0. The molecule has 1 saturated carbocycles. The molecule has 3 aliphatic rings. The minimum Gasteiger partial charge on any atom is -0.300 e.